The van der Waals surface area contributed by atoms with Crippen molar-refractivity contribution in [3.8, 4) is 0 Å². The molecule has 0 spiro atoms. The smallest absolute Gasteiger partial charge is 0.253 e. The number of carbonyl (C=O) groups excluding carboxylic acids is 1. The average molecular weight is 302 g/mol. The number of benzene rings is 1. The zero-order chi connectivity index (χ0) is 16.1. The van der Waals surface area contributed by atoms with Crippen LogP contribution in [0.15, 0.2) is 36.7 Å². The van der Waals surface area contributed by atoms with Gasteiger partial charge < -0.3 is 15.0 Å². The van der Waals surface area contributed by atoms with E-state index in [1.54, 1.807) is 29.9 Å². The first-order valence-corrected chi connectivity index (χ1v) is 7.13. The van der Waals surface area contributed by atoms with E-state index in [0.29, 0.717) is 12.1 Å². The standard InChI is InChI=1S/C16H22N4O2/c1-12(22-4)10-19(2)16(21)13-6-5-7-14(8-13)18-15-9-17-20(3)11-15/h5-9,11-12,18H,10H2,1-4H3. The molecule has 0 saturated heterocycles. The van der Waals surface area contributed by atoms with E-state index in [9.17, 15) is 4.79 Å². The Hall–Kier alpha value is -2.34. The lowest BCUT2D eigenvalue weighted by Crippen LogP contribution is -2.33. The second kappa shape index (κ2) is 7.09. The topological polar surface area (TPSA) is 59.4 Å². The van der Waals surface area contributed by atoms with E-state index < -0.39 is 0 Å². The minimum atomic E-state index is -0.0289. The first kappa shape index (κ1) is 16.0. The summed E-state index contributed by atoms with van der Waals surface area (Å²) in [5.41, 5.74) is 2.38. The van der Waals surface area contributed by atoms with Crippen LogP contribution in [0.4, 0.5) is 11.4 Å². The summed E-state index contributed by atoms with van der Waals surface area (Å²) in [6.45, 7) is 2.49. The second-order valence-electron chi connectivity index (χ2n) is 5.34. The molecule has 118 valence electrons. The van der Waals surface area contributed by atoms with E-state index in [0.717, 1.165) is 11.4 Å². The second-order valence-corrected chi connectivity index (χ2v) is 5.34. The van der Waals surface area contributed by atoms with Crippen LogP contribution in [0.5, 0.6) is 0 Å². The monoisotopic (exact) mass is 302 g/mol. The molecule has 1 aromatic heterocycles. The summed E-state index contributed by atoms with van der Waals surface area (Å²) in [4.78, 5) is 14.1. The van der Waals surface area contributed by atoms with Crippen molar-refractivity contribution in [3.05, 3.63) is 42.2 Å². The third kappa shape index (κ3) is 4.08. The number of nitrogens with zero attached hydrogens (tertiary/aromatic N) is 3. The molecule has 2 aromatic rings. The Kier molecular flexibility index (Phi) is 5.16. The highest BCUT2D eigenvalue weighted by atomic mass is 16.5. The number of methoxy groups -OCH3 is 1. The number of aromatic nitrogens is 2. The number of carbonyl (C=O) groups is 1. The molecule has 6 heteroatoms. The number of rotatable bonds is 6. The van der Waals surface area contributed by atoms with E-state index in [1.807, 2.05) is 44.4 Å². The summed E-state index contributed by atoms with van der Waals surface area (Å²) < 4.78 is 6.92. The van der Waals surface area contributed by atoms with Gasteiger partial charge in [0.25, 0.3) is 5.91 Å². The maximum Gasteiger partial charge on any atom is 0.253 e. The van der Waals surface area contributed by atoms with Crippen LogP contribution in [0.2, 0.25) is 0 Å². The lowest BCUT2D eigenvalue weighted by atomic mass is 10.1. The third-order valence-corrected chi connectivity index (χ3v) is 3.38. The van der Waals surface area contributed by atoms with Gasteiger partial charge in [0.1, 0.15) is 0 Å². The SMILES string of the molecule is COC(C)CN(C)C(=O)c1cccc(Nc2cnn(C)c2)c1. The van der Waals surface area contributed by atoms with Crippen molar-refractivity contribution in [1.82, 2.24) is 14.7 Å². The Bertz CT molecular complexity index is 639. The fraction of sp³-hybridized carbons (Fsp3) is 0.375. The molecule has 1 unspecified atom stereocenters. The molecule has 0 aliphatic heterocycles. The maximum atomic E-state index is 12.4. The van der Waals surface area contributed by atoms with Gasteiger partial charge in [-0.05, 0) is 25.1 Å². The fourth-order valence-electron chi connectivity index (χ4n) is 2.15. The molecule has 0 radical (unpaired) electrons. The largest absolute Gasteiger partial charge is 0.380 e. The molecule has 22 heavy (non-hydrogen) atoms. The van der Waals surface area contributed by atoms with Crippen LogP contribution in [0, 0.1) is 0 Å². The molecule has 0 aliphatic rings. The zero-order valence-electron chi connectivity index (χ0n) is 13.4. The van der Waals surface area contributed by atoms with Crippen molar-refractivity contribution in [2.45, 2.75) is 13.0 Å². The number of hydrogen-bond donors (Lipinski definition) is 1. The first-order valence-electron chi connectivity index (χ1n) is 7.13. The molecule has 6 nitrogen and oxygen atoms in total. The molecule has 1 atom stereocenters. The van der Waals surface area contributed by atoms with E-state index in [4.69, 9.17) is 4.74 Å². The van der Waals surface area contributed by atoms with Crippen LogP contribution < -0.4 is 5.32 Å². The van der Waals surface area contributed by atoms with Crippen LogP contribution in [-0.2, 0) is 11.8 Å². The predicted molar refractivity (Wildman–Crippen MR) is 86.4 cm³/mol. The Morgan fingerprint density at radius 3 is 2.86 bits per heavy atom. The van der Waals surface area contributed by atoms with Gasteiger partial charge in [-0.1, -0.05) is 6.07 Å². The average Bonchev–Trinajstić information content (AvgIpc) is 2.91. The van der Waals surface area contributed by atoms with Gasteiger partial charge in [0.05, 0.1) is 18.0 Å². The Morgan fingerprint density at radius 2 is 2.23 bits per heavy atom. The molecule has 1 amide bonds. The zero-order valence-corrected chi connectivity index (χ0v) is 13.4. The van der Waals surface area contributed by atoms with Crippen molar-refractivity contribution in [2.75, 3.05) is 26.0 Å². The van der Waals surface area contributed by atoms with Crippen molar-refractivity contribution in [1.29, 1.82) is 0 Å². The van der Waals surface area contributed by atoms with Crippen molar-refractivity contribution < 1.29 is 9.53 Å². The number of amides is 1. The lowest BCUT2D eigenvalue weighted by molar-refractivity contribution is 0.0600. The van der Waals surface area contributed by atoms with Crippen molar-refractivity contribution in [3.63, 3.8) is 0 Å². The Labute approximate surface area is 130 Å². The quantitative estimate of drug-likeness (QED) is 0.889. The van der Waals surface area contributed by atoms with Crippen LogP contribution >= 0.6 is 0 Å². The molecule has 1 heterocycles. The Balaban J connectivity index is 2.08. The summed E-state index contributed by atoms with van der Waals surface area (Å²) in [6, 6.07) is 7.43. The van der Waals surface area contributed by atoms with Crippen LogP contribution in [-0.4, -0.2) is 47.4 Å². The van der Waals surface area contributed by atoms with Crippen LogP contribution in [0.1, 0.15) is 17.3 Å². The van der Waals surface area contributed by atoms with Gasteiger partial charge in [0.2, 0.25) is 0 Å². The number of likely N-dealkylation sites (N-methyl/N-ethyl adjacent to an activating group) is 1. The van der Waals surface area contributed by atoms with E-state index >= 15 is 0 Å². The number of hydrogen-bond acceptors (Lipinski definition) is 4. The number of nitrogens with one attached hydrogen (secondary N) is 1. The summed E-state index contributed by atoms with van der Waals surface area (Å²) >= 11 is 0. The van der Waals surface area contributed by atoms with E-state index in [2.05, 4.69) is 10.4 Å². The first-order chi connectivity index (χ1) is 10.5. The van der Waals surface area contributed by atoms with Crippen LogP contribution in [0.25, 0.3) is 0 Å². The molecule has 0 aliphatic carbocycles. The van der Waals surface area contributed by atoms with Gasteiger partial charge >= 0.3 is 0 Å². The highest BCUT2D eigenvalue weighted by Crippen LogP contribution is 2.17. The maximum absolute atomic E-state index is 12.4. The van der Waals surface area contributed by atoms with Gasteiger partial charge in [-0.3, -0.25) is 9.48 Å². The molecule has 1 N–H and O–H groups in total. The molecule has 0 bridgehead atoms. The third-order valence-electron chi connectivity index (χ3n) is 3.38. The summed E-state index contributed by atoms with van der Waals surface area (Å²) in [5.74, 6) is -0.0289. The minimum Gasteiger partial charge on any atom is -0.380 e. The molecule has 0 fully saturated rings. The van der Waals surface area contributed by atoms with E-state index in [1.165, 1.54) is 0 Å². The highest BCUT2D eigenvalue weighted by Gasteiger charge is 2.14. The Morgan fingerprint density at radius 1 is 1.45 bits per heavy atom. The van der Waals surface area contributed by atoms with Gasteiger partial charge in [-0.2, -0.15) is 5.10 Å². The highest BCUT2D eigenvalue weighted by molar-refractivity contribution is 5.95. The number of aryl methyl sites for hydroxylation is 1. The number of ether oxygens (including phenoxy) is 1. The van der Waals surface area contributed by atoms with Gasteiger partial charge in [0, 0.05) is 45.2 Å². The summed E-state index contributed by atoms with van der Waals surface area (Å²) in [6.07, 6.45) is 3.62. The van der Waals surface area contributed by atoms with Gasteiger partial charge in [-0.15, -0.1) is 0 Å². The number of anilines is 2. The van der Waals surface area contributed by atoms with Crippen LogP contribution in [0.3, 0.4) is 0 Å². The van der Waals surface area contributed by atoms with Gasteiger partial charge in [-0.25, -0.2) is 0 Å². The molecule has 0 saturated carbocycles. The molecular weight excluding hydrogens is 280 g/mol. The summed E-state index contributed by atoms with van der Waals surface area (Å²) in [7, 11) is 5.28. The molecule has 2 rings (SSSR count). The summed E-state index contributed by atoms with van der Waals surface area (Å²) in [5, 5.41) is 7.34. The van der Waals surface area contributed by atoms with Crippen molar-refractivity contribution >= 4 is 17.3 Å². The molecule has 1 aromatic carbocycles. The van der Waals surface area contributed by atoms with Crippen molar-refractivity contribution in [2.24, 2.45) is 7.05 Å². The minimum absolute atomic E-state index is 0.00523. The lowest BCUT2D eigenvalue weighted by Gasteiger charge is -2.21. The normalized spacial score (nSPS) is 12.0. The molecular formula is C16H22N4O2. The predicted octanol–water partition coefficient (Wildman–Crippen LogP) is 2.27. The van der Waals surface area contributed by atoms with Gasteiger partial charge in [0.15, 0.2) is 0 Å². The van der Waals surface area contributed by atoms with E-state index in [-0.39, 0.29) is 12.0 Å². The fourth-order valence-corrected chi connectivity index (χ4v) is 2.15.